The van der Waals surface area contributed by atoms with Crippen LogP contribution in [0.1, 0.15) is 0 Å². The summed E-state index contributed by atoms with van der Waals surface area (Å²) in [7, 11) is 0. The van der Waals surface area contributed by atoms with E-state index in [9.17, 15) is 0 Å². The van der Waals surface area contributed by atoms with Crippen LogP contribution in [0, 0.1) is 0 Å². The molecule has 29 rings (SSSR count). The second-order valence-electron chi connectivity index (χ2n) is 34.1. The maximum absolute atomic E-state index is 5.42. The molecule has 0 saturated heterocycles. The van der Waals surface area contributed by atoms with Crippen LogP contribution in [0.2, 0.25) is 0 Å². The molecule has 0 aliphatic heterocycles. The predicted octanol–water partition coefficient (Wildman–Crippen LogP) is 32.1. The molecule has 129 heavy (non-hydrogen) atoms. The summed E-state index contributed by atoms with van der Waals surface area (Å²) in [4.78, 5) is 21.3. The van der Waals surface area contributed by atoms with Crippen molar-refractivity contribution in [1.82, 2.24) is 33.6 Å². The Hall–Kier alpha value is -17.3. The third-order valence-corrected chi connectivity index (χ3v) is 27.1. The summed E-state index contributed by atoms with van der Waals surface area (Å²) >= 11 is 0. The highest BCUT2D eigenvalue weighted by Crippen LogP contribution is 2.56. The molecule has 7 heteroatoms. The lowest BCUT2D eigenvalue weighted by Gasteiger charge is -2.16. The Bertz CT molecular complexity index is 9230. The zero-order valence-electron chi connectivity index (χ0n) is 69.8. The van der Waals surface area contributed by atoms with Crippen molar-refractivity contribution in [3.05, 3.63) is 443 Å². The number of para-hydroxylation sites is 4. The van der Waals surface area contributed by atoms with E-state index in [1.54, 1.807) is 0 Å². The summed E-state index contributed by atoms with van der Waals surface area (Å²) in [6.07, 6.45) is 0. The van der Waals surface area contributed by atoms with E-state index < -0.39 is 0 Å². The van der Waals surface area contributed by atoms with Crippen LogP contribution in [0.3, 0.4) is 0 Å². The molecule has 3 aliphatic carbocycles. The minimum absolute atomic E-state index is 0.676. The molecule has 5 heterocycles. The van der Waals surface area contributed by atoms with E-state index in [0.29, 0.717) is 5.95 Å². The van der Waals surface area contributed by atoms with Crippen molar-refractivity contribution in [2.75, 3.05) is 0 Å². The first kappa shape index (κ1) is 72.2. The van der Waals surface area contributed by atoms with Crippen LogP contribution >= 0.6 is 0 Å². The second-order valence-corrected chi connectivity index (χ2v) is 34.1. The first-order valence-electron chi connectivity index (χ1n) is 44.2. The molecule has 0 saturated carbocycles. The minimum atomic E-state index is 0.676. The minimum Gasteiger partial charge on any atom is -0.309 e. The lowest BCUT2D eigenvalue weighted by molar-refractivity contribution is 1.01. The molecule has 21 aromatic carbocycles. The fraction of sp³-hybridized carbons (Fsp3) is 0. The lowest BCUT2D eigenvalue weighted by Crippen LogP contribution is -2.03. The molecule has 26 aromatic rings. The number of hydrogen-bond acceptors (Lipinski definition) is 4. The largest absolute Gasteiger partial charge is 0.309 e. The second kappa shape index (κ2) is 28.7. The first-order valence-corrected chi connectivity index (χ1v) is 44.2. The smallest absolute Gasteiger partial charge is 0.235 e. The van der Waals surface area contributed by atoms with Crippen LogP contribution in [-0.4, -0.2) is 33.6 Å². The van der Waals surface area contributed by atoms with Crippen LogP contribution in [0.15, 0.2) is 443 Å². The molecule has 5 aromatic heterocycles. The zero-order valence-corrected chi connectivity index (χ0v) is 69.8. The topological polar surface area (TPSA) is 66.3 Å². The average molecular weight is 1640 g/mol. The van der Waals surface area contributed by atoms with E-state index >= 15 is 0 Å². The van der Waals surface area contributed by atoms with Crippen molar-refractivity contribution in [3.8, 4) is 140 Å². The van der Waals surface area contributed by atoms with E-state index in [1.807, 2.05) is 24.3 Å². The van der Waals surface area contributed by atoms with Crippen molar-refractivity contribution in [2.24, 2.45) is 0 Å². The molecule has 0 atom stereocenters. The van der Waals surface area contributed by atoms with Gasteiger partial charge in [-0.1, -0.05) is 334 Å². The molecule has 0 bridgehead atoms. The van der Waals surface area contributed by atoms with Gasteiger partial charge in [-0.05, 0) is 252 Å². The van der Waals surface area contributed by atoms with Crippen molar-refractivity contribution in [1.29, 1.82) is 0 Å². The Morgan fingerprint density at radius 3 is 0.977 bits per heavy atom. The lowest BCUT2D eigenvalue weighted by atomic mass is 9.90. The van der Waals surface area contributed by atoms with Crippen molar-refractivity contribution in [3.63, 3.8) is 0 Å². The van der Waals surface area contributed by atoms with Crippen molar-refractivity contribution in [2.45, 2.75) is 0 Å². The maximum Gasteiger partial charge on any atom is 0.235 e. The molecule has 0 unspecified atom stereocenters. The number of fused-ring (bicyclic) bond motifs is 12. The molecular weight excluding hydrogens is 1560 g/mol. The fourth-order valence-electron chi connectivity index (χ4n) is 21.6. The Morgan fingerprint density at radius 2 is 0.496 bits per heavy atom. The molecule has 0 N–H and O–H groups in total. The van der Waals surface area contributed by atoms with E-state index in [4.69, 9.17) is 19.9 Å². The Labute approximate surface area is 741 Å². The van der Waals surface area contributed by atoms with Gasteiger partial charge in [0.25, 0.3) is 0 Å². The highest BCUT2D eigenvalue weighted by atomic mass is 15.2. The Morgan fingerprint density at radius 1 is 0.155 bits per heavy atom. The summed E-state index contributed by atoms with van der Waals surface area (Å²) in [6.45, 7) is 0. The van der Waals surface area contributed by atoms with Gasteiger partial charge >= 0.3 is 0 Å². The number of nitrogens with zero attached hydrogens (tertiary/aromatic N) is 7. The number of hydrogen-bond donors (Lipinski definition) is 0. The average Bonchev–Trinajstić information content (AvgIpc) is 1.54. The van der Waals surface area contributed by atoms with Crippen LogP contribution in [0.25, 0.3) is 271 Å². The normalized spacial score (nSPS) is 12.0. The number of aromatic nitrogens is 7. The van der Waals surface area contributed by atoms with E-state index in [1.165, 1.54) is 192 Å². The summed E-state index contributed by atoms with van der Waals surface area (Å²) in [6, 6.07) is 160. The molecule has 0 radical (unpaired) electrons. The first-order chi connectivity index (χ1) is 64.0. The van der Waals surface area contributed by atoms with E-state index in [0.717, 1.165) is 72.3 Å². The molecule has 0 spiro atoms. The SMILES string of the molecule is c1ccc(-c2cc3c4c(ccc5c4c4c(cccc4n5-c4ccccc4)-c4ccccc4-3)c2)cc1.c1ccc(-c2cc3c4c(ccc5c4c4c(cccc4n5-c4nc(-c5ccc6ccccc6c5)c5ccccc5n4)-c4ccccc4-3)c2)cc1.c1ccc(-c2cc3c4c(ccc5c4c4c(cccc4n5-c4nc5ccccc5nc4-c4ccccc4)-c4ccccc4-3)c2)cc1. The van der Waals surface area contributed by atoms with Gasteiger partial charge in [-0.2, -0.15) is 0 Å². The van der Waals surface area contributed by atoms with Crippen molar-refractivity contribution < 1.29 is 0 Å². The van der Waals surface area contributed by atoms with Gasteiger partial charge in [-0.15, -0.1) is 0 Å². The van der Waals surface area contributed by atoms with Gasteiger partial charge in [-0.3, -0.25) is 9.13 Å². The molecular formula is C122H73N7. The summed E-state index contributed by atoms with van der Waals surface area (Å²) in [5.41, 5.74) is 37.4. The molecule has 0 amide bonds. The highest BCUT2D eigenvalue weighted by Gasteiger charge is 2.32. The van der Waals surface area contributed by atoms with Crippen molar-refractivity contribution >= 4 is 130 Å². The van der Waals surface area contributed by atoms with Gasteiger partial charge < -0.3 is 4.57 Å². The van der Waals surface area contributed by atoms with Crippen LogP contribution in [0.4, 0.5) is 0 Å². The van der Waals surface area contributed by atoms with Gasteiger partial charge in [0, 0.05) is 54.5 Å². The Kier molecular flexibility index (Phi) is 16.0. The number of rotatable bonds is 8. The van der Waals surface area contributed by atoms with Crippen LogP contribution < -0.4 is 0 Å². The molecule has 7 nitrogen and oxygen atoms in total. The predicted molar refractivity (Wildman–Crippen MR) is 539 cm³/mol. The van der Waals surface area contributed by atoms with Gasteiger partial charge in [0.05, 0.1) is 55.3 Å². The standard InChI is InChI=1S/C46H27N3.C42H25N3.C34H21N/c1-2-11-28(12-3-1)33-26-31-23-24-41-44-42(31)38(27-33)35-16-7-6-15-34(35)36-18-10-20-40(43(36)44)49(41)46-47-39-19-9-8-17-37(39)45(48-46)32-22-21-29-13-4-5-14-30(29)25-32;1-3-12-26(13-4-1)29-24-28-22-23-37-40-38(28)33(25-29)31-17-8-7-16-30(31)32-18-11-21-36(39(32)40)45(37)42-41(27-14-5-2-6-15-27)43-34-19-9-10-20-35(34)44-42;1-3-10-22(11-4-1)24-20-23-18-19-31-34-32(23)29(21-24)27-15-8-7-14-26(27)28-16-9-17-30(33(28)34)35(31)25-12-5-2-6-13-25/h1-27H;1-25H;1-21H. The maximum atomic E-state index is 5.42. The van der Waals surface area contributed by atoms with Crippen LogP contribution in [-0.2, 0) is 0 Å². The summed E-state index contributed by atoms with van der Waals surface area (Å²) in [5.74, 6) is 1.52. The summed E-state index contributed by atoms with van der Waals surface area (Å²) in [5, 5.41) is 18.8. The molecule has 0 fully saturated rings. The monoisotopic (exact) mass is 1640 g/mol. The van der Waals surface area contributed by atoms with Gasteiger partial charge in [0.2, 0.25) is 5.95 Å². The summed E-state index contributed by atoms with van der Waals surface area (Å²) < 4.78 is 7.06. The van der Waals surface area contributed by atoms with Crippen LogP contribution in [0.5, 0.6) is 0 Å². The van der Waals surface area contributed by atoms with E-state index in [-0.39, 0.29) is 0 Å². The van der Waals surface area contributed by atoms with Gasteiger partial charge in [-0.25, -0.2) is 19.9 Å². The van der Waals surface area contributed by atoms with Gasteiger partial charge in [0.15, 0.2) is 5.82 Å². The highest BCUT2D eigenvalue weighted by molar-refractivity contribution is 6.34. The fourth-order valence-corrected chi connectivity index (χ4v) is 21.6. The quantitative estimate of drug-likeness (QED) is 0.152. The third kappa shape index (κ3) is 11.1. The third-order valence-electron chi connectivity index (χ3n) is 27.1. The zero-order chi connectivity index (χ0) is 84.5. The van der Waals surface area contributed by atoms with Gasteiger partial charge in [0.1, 0.15) is 5.69 Å². The number of benzene rings is 21. The molecule has 3 aliphatic rings. The Balaban J connectivity index is 0.000000101. The van der Waals surface area contributed by atoms with E-state index in [2.05, 4.69) is 432 Å². The molecule has 596 valence electrons.